The first kappa shape index (κ1) is 21.1. The second kappa shape index (κ2) is 8.67. The zero-order valence-corrected chi connectivity index (χ0v) is 18.6. The van der Waals surface area contributed by atoms with E-state index < -0.39 is 5.91 Å². The molecule has 5 rings (SSSR count). The van der Waals surface area contributed by atoms with E-state index in [4.69, 9.17) is 0 Å². The van der Waals surface area contributed by atoms with E-state index in [9.17, 15) is 9.59 Å². The van der Waals surface area contributed by atoms with E-state index in [2.05, 4.69) is 25.4 Å². The van der Waals surface area contributed by atoms with Crippen molar-refractivity contribution in [3.8, 4) is 17.1 Å². The van der Waals surface area contributed by atoms with Crippen LogP contribution in [0.5, 0.6) is 0 Å². The smallest absolute Gasteiger partial charge is 0.276 e. The summed E-state index contributed by atoms with van der Waals surface area (Å²) in [6.45, 7) is 3.38. The van der Waals surface area contributed by atoms with Crippen LogP contribution in [-0.4, -0.2) is 36.4 Å². The molecule has 3 heterocycles. The number of carbonyl (C=O) groups excluding carboxylic acids is 2. The van der Waals surface area contributed by atoms with Gasteiger partial charge in [0.1, 0.15) is 0 Å². The minimum atomic E-state index is -0.395. The number of hydrogen-bond donors (Lipinski definition) is 1. The second-order valence-electron chi connectivity index (χ2n) is 7.81. The van der Waals surface area contributed by atoms with Crippen LogP contribution in [0.3, 0.4) is 0 Å². The number of ketones is 1. The number of aromatic nitrogens is 5. The molecule has 0 radical (unpaired) electrons. The van der Waals surface area contributed by atoms with Crippen molar-refractivity contribution in [1.82, 2.24) is 24.7 Å². The van der Waals surface area contributed by atoms with Gasteiger partial charge in [0.05, 0.1) is 16.7 Å². The minimum Gasteiger partial charge on any atom is -0.321 e. The lowest BCUT2D eigenvalue weighted by Gasteiger charge is -2.08. The van der Waals surface area contributed by atoms with Crippen molar-refractivity contribution >= 4 is 28.4 Å². The summed E-state index contributed by atoms with van der Waals surface area (Å²) in [6.07, 6.45) is 3.28. The monoisotopic (exact) mass is 448 g/mol. The zero-order chi connectivity index (χ0) is 23.7. The van der Waals surface area contributed by atoms with E-state index in [1.807, 2.05) is 43.3 Å². The van der Waals surface area contributed by atoms with Gasteiger partial charge in [-0.15, -0.1) is 0 Å². The highest BCUT2D eigenvalue weighted by molar-refractivity contribution is 6.04. The summed E-state index contributed by atoms with van der Waals surface area (Å²) in [5.41, 5.74) is 5.09. The number of amides is 1. The summed E-state index contributed by atoms with van der Waals surface area (Å²) in [7, 11) is 0. The predicted molar refractivity (Wildman–Crippen MR) is 129 cm³/mol. The summed E-state index contributed by atoms with van der Waals surface area (Å²) >= 11 is 0. The molecule has 0 fully saturated rings. The normalized spacial score (nSPS) is 10.9. The third-order valence-corrected chi connectivity index (χ3v) is 5.32. The molecule has 3 aromatic heterocycles. The molecule has 0 bridgehead atoms. The topological polar surface area (TPSA) is 103 Å². The number of nitrogens with one attached hydrogen (secondary N) is 1. The van der Waals surface area contributed by atoms with Gasteiger partial charge in [-0.25, -0.2) is 9.67 Å². The Kier molecular flexibility index (Phi) is 5.39. The van der Waals surface area contributed by atoms with Crippen molar-refractivity contribution in [2.45, 2.75) is 13.8 Å². The van der Waals surface area contributed by atoms with Gasteiger partial charge in [0.25, 0.3) is 5.91 Å². The van der Waals surface area contributed by atoms with E-state index in [1.54, 1.807) is 47.4 Å². The lowest BCUT2D eigenvalue weighted by Crippen LogP contribution is -2.13. The van der Waals surface area contributed by atoms with E-state index in [0.717, 1.165) is 22.3 Å². The van der Waals surface area contributed by atoms with Gasteiger partial charge in [0.15, 0.2) is 17.3 Å². The summed E-state index contributed by atoms with van der Waals surface area (Å²) in [5, 5.41) is 7.40. The van der Waals surface area contributed by atoms with Crippen molar-refractivity contribution in [3.63, 3.8) is 0 Å². The molecule has 166 valence electrons. The highest BCUT2D eigenvalue weighted by atomic mass is 16.2. The molecule has 2 aromatic carbocycles. The minimum absolute atomic E-state index is 0.0763. The molecule has 8 nitrogen and oxygen atoms in total. The van der Waals surface area contributed by atoms with E-state index in [-0.39, 0.29) is 11.5 Å². The Bertz CT molecular complexity index is 1560. The first-order valence-electron chi connectivity index (χ1n) is 10.7. The van der Waals surface area contributed by atoms with Gasteiger partial charge in [0, 0.05) is 34.9 Å². The highest BCUT2D eigenvalue weighted by Gasteiger charge is 2.18. The largest absolute Gasteiger partial charge is 0.321 e. The summed E-state index contributed by atoms with van der Waals surface area (Å²) in [6, 6.07) is 19.8. The second-order valence-corrected chi connectivity index (χ2v) is 7.81. The van der Waals surface area contributed by atoms with Crippen molar-refractivity contribution in [2.75, 3.05) is 5.32 Å². The Morgan fingerprint density at radius 2 is 1.68 bits per heavy atom. The van der Waals surface area contributed by atoms with E-state index in [1.165, 1.54) is 6.92 Å². The molecule has 0 spiro atoms. The molecule has 0 aliphatic carbocycles. The SMILES string of the molecule is CC(=O)c1cccc(NC(=O)c2cc(-c3ccc4nccnc4c3)n(-c3cccc(C)n3)n2)c1. The fourth-order valence-electron chi connectivity index (χ4n) is 3.65. The number of aryl methyl sites for hydroxylation is 1. The van der Waals surface area contributed by atoms with Crippen LogP contribution in [0.1, 0.15) is 33.5 Å². The van der Waals surface area contributed by atoms with Crippen LogP contribution in [0.4, 0.5) is 5.69 Å². The molecule has 8 heteroatoms. The van der Waals surface area contributed by atoms with Crippen LogP contribution < -0.4 is 5.32 Å². The number of Topliss-reactive ketones (excluding diaryl/α,β-unsaturated/α-hetero) is 1. The van der Waals surface area contributed by atoms with Gasteiger partial charge in [0.2, 0.25) is 0 Å². The first-order valence-corrected chi connectivity index (χ1v) is 10.7. The highest BCUT2D eigenvalue weighted by Crippen LogP contribution is 2.26. The summed E-state index contributed by atoms with van der Waals surface area (Å²) in [5.74, 6) is 0.119. The van der Waals surface area contributed by atoms with E-state index in [0.29, 0.717) is 22.8 Å². The lowest BCUT2D eigenvalue weighted by atomic mass is 10.1. The quantitative estimate of drug-likeness (QED) is 0.393. The first-order chi connectivity index (χ1) is 16.5. The average molecular weight is 448 g/mol. The van der Waals surface area contributed by atoms with Crippen molar-refractivity contribution in [2.24, 2.45) is 0 Å². The maximum atomic E-state index is 13.1. The molecular weight excluding hydrogens is 428 g/mol. The average Bonchev–Trinajstić information content (AvgIpc) is 3.30. The number of nitrogens with zero attached hydrogens (tertiary/aromatic N) is 5. The third-order valence-electron chi connectivity index (χ3n) is 5.32. The van der Waals surface area contributed by atoms with Gasteiger partial charge < -0.3 is 5.32 Å². The third kappa shape index (κ3) is 4.16. The van der Waals surface area contributed by atoms with Crippen molar-refractivity contribution < 1.29 is 9.59 Å². The predicted octanol–water partition coefficient (Wildman–Crippen LogP) is 4.64. The Balaban J connectivity index is 1.58. The molecule has 0 atom stereocenters. The van der Waals surface area contributed by atoms with Gasteiger partial charge in [-0.1, -0.05) is 24.3 Å². The van der Waals surface area contributed by atoms with Gasteiger partial charge >= 0.3 is 0 Å². The number of carbonyl (C=O) groups is 2. The number of benzene rings is 2. The molecule has 0 saturated heterocycles. The molecule has 0 saturated carbocycles. The number of fused-ring (bicyclic) bond motifs is 1. The lowest BCUT2D eigenvalue weighted by molar-refractivity contribution is 0.100. The molecule has 1 N–H and O–H groups in total. The molecule has 0 aliphatic heterocycles. The maximum absolute atomic E-state index is 13.1. The standard InChI is InChI=1S/C26H20N6O2/c1-16-5-3-8-25(29-16)32-24(19-9-10-21-22(14-19)28-12-11-27-21)15-23(31-32)26(34)30-20-7-4-6-18(13-20)17(2)33/h3-15H,1-2H3,(H,30,34). The van der Waals surface area contributed by atoms with Crippen LogP contribution in [0, 0.1) is 6.92 Å². The Morgan fingerprint density at radius 1 is 0.882 bits per heavy atom. The summed E-state index contributed by atoms with van der Waals surface area (Å²) < 4.78 is 1.64. The van der Waals surface area contributed by atoms with Crippen LogP contribution >= 0.6 is 0 Å². The maximum Gasteiger partial charge on any atom is 0.276 e. The number of anilines is 1. The zero-order valence-electron chi connectivity index (χ0n) is 18.6. The van der Waals surface area contributed by atoms with Gasteiger partial charge in [-0.05, 0) is 56.3 Å². The van der Waals surface area contributed by atoms with Gasteiger partial charge in [-0.2, -0.15) is 5.10 Å². The Labute approximate surface area is 195 Å². The summed E-state index contributed by atoms with van der Waals surface area (Å²) in [4.78, 5) is 38.1. The van der Waals surface area contributed by atoms with Crippen molar-refractivity contribution in [1.29, 1.82) is 0 Å². The van der Waals surface area contributed by atoms with Crippen molar-refractivity contribution in [3.05, 3.63) is 96.1 Å². The van der Waals surface area contributed by atoms with E-state index >= 15 is 0 Å². The van der Waals surface area contributed by atoms with Crippen LogP contribution in [-0.2, 0) is 0 Å². The molecule has 0 unspecified atom stereocenters. The number of rotatable bonds is 5. The molecule has 5 aromatic rings. The molecule has 1 amide bonds. The van der Waals surface area contributed by atoms with Crippen LogP contribution in [0.2, 0.25) is 0 Å². The molecular formula is C26H20N6O2. The number of hydrogen-bond acceptors (Lipinski definition) is 6. The van der Waals surface area contributed by atoms with Crippen LogP contribution in [0.15, 0.2) is 79.1 Å². The van der Waals surface area contributed by atoms with Crippen LogP contribution in [0.25, 0.3) is 28.1 Å². The Hall–Kier alpha value is -4.72. The Morgan fingerprint density at radius 3 is 2.47 bits per heavy atom. The molecule has 0 aliphatic rings. The fourth-order valence-corrected chi connectivity index (χ4v) is 3.65. The van der Waals surface area contributed by atoms with Gasteiger partial charge in [-0.3, -0.25) is 19.6 Å². The fraction of sp³-hybridized carbons (Fsp3) is 0.0769. The molecule has 34 heavy (non-hydrogen) atoms. The number of pyridine rings is 1.